The molecule has 0 bridgehead atoms. The molecule has 1 atom stereocenters. The van der Waals surface area contributed by atoms with Crippen molar-refractivity contribution in [2.45, 2.75) is 18.9 Å². The highest BCUT2D eigenvalue weighted by atomic mass is 35.5. The Kier molecular flexibility index (Phi) is 4.11. The number of ether oxygens (including phenoxy) is 1. The molecule has 0 aliphatic heterocycles. The normalized spacial score (nSPS) is 17.6. The van der Waals surface area contributed by atoms with Gasteiger partial charge in [-0.2, -0.15) is 0 Å². The van der Waals surface area contributed by atoms with Gasteiger partial charge in [-0.3, -0.25) is 0 Å². The molecular weight excluding hydrogens is 284 g/mol. The number of aryl methyl sites for hydroxylation is 1. The number of fused-ring (bicyclic) bond motifs is 1. The Morgan fingerprint density at radius 2 is 1.95 bits per heavy atom. The molecule has 108 valence electrons. The third-order valence-corrected chi connectivity index (χ3v) is 3.88. The molecule has 4 heteroatoms. The summed E-state index contributed by atoms with van der Waals surface area (Å²) in [4.78, 5) is 4.19. The van der Waals surface area contributed by atoms with Crippen molar-refractivity contribution in [1.29, 1.82) is 0 Å². The second kappa shape index (κ2) is 6.19. The quantitative estimate of drug-likeness (QED) is 0.527. The van der Waals surface area contributed by atoms with Crippen LogP contribution in [0.3, 0.4) is 0 Å². The first-order valence-electron chi connectivity index (χ1n) is 7.00. The first-order chi connectivity index (χ1) is 10.3. The van der Waals surface area contributed by atoms with Crippen molar-refractivity contribution in [3.05, 3.63) is 59.7 Å². The average Bonchev–Trinajstić information content (AvgIpc) is 2.92. The van der Waals surface area contributed by atoms with Gasteiger partial charge in [0, 0.05) is 0 Å². The number of aliphatic imine (C=N–C) groups is 1. The lowest BCUT2D eigenvalue weighted by Gasteiger charge is -2.15. The number of nitrogens with zero attached hydrogens (tertiary/aromatic N) is 1. The summed E-state index contributed by atoms with van der Waals surface area (Å²) < 4.78 is 6.08. The lowest BCUT2D eigenvalue weighted by atomic mass is 10.1. The van der Waals surface area contributed by atoms with Gasteiger partial charge in [0.1, 0.15) is 17.7 Å². The van der Waals surface area contributed by atoms with Gasteiger partial charge >= 0.3 is 0 Å². The summed E-state index contributed by atoms with van der Waals surface area (Å²) in [5, 5.41) is 0. The minimum Gasteiger partial charge on any atom is -0.486 e. The molecule has 0 saturated heterocycles. The molecule has 0 saturated carbocycles. The molecule has 2 aromatic rings. The molecular formula is C17H17ClN2O. The van der Waals surface area contributed by atoms with E-state index in [1.807, 2.05) is 24.3 Å². The highest BCUT2D eigenvalue weighted by Gasteiger charge is 2.23. The van der Waals surface area contributed by atoms with Crippen molar-refractivity contribution in [2.75, 3.05) is 5.88 Å². The summed E-state index contributed by atoms with van der Waals surface area (Å²) >= 11 is 5.61. The summed E-state index contributed by atoms with van der Waals surface area (Å²) in [5.74, 6) is 1.49. The van der Waals surface area contributed by atoms with Crippen molar-refractivity contribution >= 4 is 23.1 Å². The number of rotatable bonds is 4. The molecule has 3 nitrogen and oxygen atoms in total. The molecule has 2 aromatic carbocycles. The maximum Gasteiger partial charge on any atom is 0.124 e. The fraction of sp³-hybridized carbons (Fsp3) is 0.235. The van der Waals surface area contributed by atoms with Crippen LogP contribution in [0, 0.1) is 0 Å². The molecule has 0 fully saturated rings. The van der Waals surface area contributed by atoms with E-state index in [0.717, 1.165) is 24.3 Å². The molecule has 0 heterocycles. The van der Waals surface area contributed by atoms with Gasteiger partial charge in [-0.15, -0.1) is 11.6 Å². The number of hydrogen-bond acceptors (Lipinski definition) is 2. The second-order valence-electron chi connectivity index (χ2n) is 5.07. The molecule has 0 radical (unpaired) electrons. The summed E-state index contributed by atoms with van der Waals surface area (Å²) in [7, 11) is 0. The van der Waals surface area contributed by atoms with Crippen LogP contribution in [-0.4, -0.2) is 11.7 Å². The van der Waals surface area contributed by atoms with Crippen molar-refractivity contribution < 1.29 is 4.74 Å². The SMILES string of the molecule is NC(CCl)=Nc1ccc(OC2CCc3ccccc32)cc1. The van der Waals surface area contributed by atoms with E-state index in [0.29, 0.717) is 5.84 Å². The van der Waals surface area contributed by atoms with Gasteiger partial charge in [-0.25, -0.2) is 4.99 Å². The van der Waals surface area contributed by atoms with Crippen LogP contribution in [-0.2, 0) is 6.42 Å². The molecule has 0 aromatic heterocycles. The molecule has 1 aliphatic rings. The average molecular weight is 301 g/mol. The van der Waals surface area contributed by atoms with Gasteiger partial charge in [0.15, 0.2) is 0 Å². The van der Waals surface area contributed by atoms with E-state index in [9.17, 15) is 0 Å². The zero-order valence-corrected chi connectivity index (χ0v) is 12.4. The van der Waals surface area contributed by atoms with Crippen LogP contribution in [0.15, 0.2) is 53.5 Å². The van der Waals surface area contributed by atoms with Crippen LogP contribution in [0.5, 0.6) is 5.75 Å². The van der Waals surface area contributed by atoms with E-state index >= 15 is 0 Å². The number of amidine groups is 1. The zero-order chi connectivity index (χ0) is 14.7. The lowest BCUT2D eigenvalue weighted by molar-refractivity contribution is 0.207. The van der Waals surface area contributed by atoms with Gasteiger partial charge in [-0.1, -0.05) is 24.3 Å². The minimum atomic E-state index is 0.142. The Morgan fingerprint density at radius 3 is 2.71 bits per heavy atom. The fourth-order valence-electron chi connectivity index (χ4n) is 2.60. The van der Waals surface area contributed by atoms with Crippen LogP contribution in [0.25, 0.3) is 0 Å². The van der Waals surface area contributed by atoms with Gasteiger partial charge in [0.2, 0.25) is 0 Å². The van der Waals surface area contributed by atoms with Gasteiger partial charge in [-0.05, 0) is 48.2 Å². The van der Waals surface area contributed by atoms with Crippen molar-refractivity contribution in [2.24, 2.45) is 10.7 Å². The summed E-state index contributed by atoms with van der Waals surface area (Å²) in [5.41, 5.74) is 9.08. The Morgan fingerprint density at radius 1 is 1.19 bits per heavy atom. The smallest absolute Gasteiger partial charge is 0.124 e. The number of halogens is 1. The summed E-state index contributed by atoms with van der Waals surface area (Å²) in [6.45, 7) is 0. The number of hydrogen-bond donors (Lipinski definition) is 1. The summed E-state index contributed by atoms with van der Waals surface area (Å²) in [6, 6.07) is 16.1. The molecule has 21 heavy (non-hydrogen) atoms. The fourth-order valence-corrected chi connectivity index (χ4v) is 2.66. The van der Waals surface area contributed by atoms with E-state index in [1.54, 1.807) is 0 Å². The second-order valence-corrected chi connectivity index (χ2v) is 5.34. The number of nitrogens with two attached hydrogens (primary N) is 1. The van der Waals surface area contributed by atoms with Crippen LogP contribution in [0.4, 0.5) is 5.69 Å². The van der Waals surface area contributed by atoms with Crippen LogP contribution in [0.1, 0.15) is 23.7 Å². The van der Waals surface area contributed by atoms with Crippen molar-refractivity contribution in [3.63, 3.8) is 0 Å². The van der Waals surface area contributed by atoms with E-state index < -0.39 is 0 Å². The van der Waals surface area contributed by atoms with E-state index in [2.05, 4.69) is 29.3 Å². The zero-order valence-electron chi connectivity index (χ0n) is 11.6. The molecule has 0 spiro atoms. The molecule has 1 aliphatic carbocycles. The van der Waals surface area contributed by atoms with E-state index in [4.69, 9.17) is 22.1 Å². The number of benzene rings is 2. The predicted octanol–water partition coefficient (Wildman–Crippen LogP) is 3.98. The van der Waals surface area contributed by atoms with Gasteiger partial charge < -0.3 is 10.5 Å². The van der Waals surface area contributed by atoms with Gasteiger partial charge in [0.05, 0.1) is 11.6 Å². The molecule has 3 rings (SSSR count). The highest BCUT2D eigenvalue weighted by Crippen LogP contribution is 2.35. The minimum absolute atomic E-state index is 0.142. The molecule has 2 N–H and O–H groups in total. The first-order valence-corrected chi connectivity index (χ1v) is 7.53. The van der Waals surface area contributed by atoms with Gasteiger partial charge in [0.25, 0.3) is 0 Å². The monoisotopic (exact) mass is 300 g/mol. The van der Waals surface area contributed by atoms with E-state index in [1.165, 1.54) is 11.1 Å². The topological polar surface area (TPSA) is 47.6 Å². The Balaban J connectivity index is 1.72. The van der Waals surface area contributed by atoms with Crippen LogP contribution < -0.4 is 10.5 Å². The number of alkyl halides is 1. The maximum absolute atomic E-state index is 6.08. The van der Waals surface area contributed by atoms with E-state index in [-0.39, 0.29) is 12.0 Å². The molecule has 0 amide bonds. The van der Waals surface area contributed by atoms with Crippen molar-refractivity contribution in [1.82, 2.24) is 0 Å². The largest absolute Gasteiger partial charge is 0.486 e. The Bertz CT molecular complexity index is 652. The molecule has 1 unspecified atom stereocenters. The third kappa shape index (κ3) is 3.19. The maximum atomic E-state index is 6.08. The van der Waals surface area contributed by atoms with Crippen LogP contribution >= 0.6 is 11.6 Å². The first kappa shape index (κ1) is 14.0. The standard InChI is InChI=1S/C17H17ClN2O/c18-11-17(19)20-13-6-8-14(9-7-13)21-16-10-5-12-3-1-2-4-15(12)16/h1-4,6-9,16H,5,10-11H2,(H2,19,20). The van der Waals surface area contributed by atoms with Crippen LogP contribution in [0.2, 0.25) is 0 Å². The van der Waals surface area contributed by atoms with Crippen molar-refractivity contribution in [3.8, 4) is 5.75 Å². The third-order valence-electron chi connectivity index (χ3n) is 3.60. The summed E-state index contributed by atoms with van der Waals surface area (Å²) in [6.07, 6.45) is 2.25. The Labute approximate surface area is 129 Å². The predicted molar refractivity (Wildman–Crippen MR) is 86.6 cm³/mol. The highest BCUT2D eigenvalue weighted by molar-refractivity contribution is 6.28. The Hall–Kier alpha value is -2.00. The lowest BCUT2D eigenvalue weighted by Crippen LogP contribution is -2.12.